The monoisotopic (exact) mass is 744 g/mol. The van der Waals surface area contributed by atoms with E-state index in [9.17, 15) is 4.79 Å². The van der Waals surface area contributed by atoms with E-state index in [1.165, 1.54) is 12.8 Å². The van der Waals surface area contributed by atoms with Crippen molar-refractivity contribution in [3.63, 3.8) is 0 Å². The van der Waals surface area contributed by atoms with Gasteiger partial charge in [0.1, 0.15) is 5.60 Å². The van der Waals surface area contributed by atoms with E-state index in [0.29, 0.717) is 165 Å². The fourth-order valence-corrected chi connectivity index (χ4v) is 3.74. The number of ether oxygens (including phenoxy) is 14. The predicted octanol–water partition coefficient (Wildman–Crippen LogP) is 3.12. The first-order valence-electron chi connectivity index (χ1n) is 18.7. The summed E-state index contributed by atoms with van der Waals surface area (Å²) in [7, 11) is 0. The van der Waals surface area contributed by atoms with Crippen molar-refractivity contribution in [2.75, 3.05) is 172 Å². The summed E-state index contributed by atoms with van der Waals surface area (Å²) in [6, 6.07) is 0. The number of rotatable bonds is 43. The molecule has 0 N–H and O–H groups in total. The average molecular weight is 745 g/mol. The highest BCUT2D eigenvalue weighted by molar-refractivity contribution is 5.69. The highest BCUT2D eigenvalue weighted by Gasteiger charge is 2.15. The van der Waals surface area contributed by atoms with Gasteiger partial charge in [0.15, 0.2) is 0 Å². The maximum atomic E-state index is 11.6. The molecule has 0 fully saturated rings. The second-order valence-electron chi connectivity index (χ2n) is 12.0. The third kappa shape index (κ3) is 46.9. The quantitative estimate of drug-likeness (QED) is 0.0665. The lowest BCUT2D eigenvalue weighted by Crippen LogP contribution is -2.24. The number of unbranched alkanes of at least 4 members (excludes halogenated alkanes) is 2. The van der Waals surface area contributed by atoms with Gasteiger partial charge >= 0.3 is 5.97 Å². The third-order valence-electron chi connectivity index (χ3n) is 6.23. The van der Waals surface area contributed by atoms with Gasteiger partial charge in [-0.1, -0.05) is 19.8 Å². The molecule has 0 heterocycles. The van der Waals surface area contributed by atoms with Gasteiger partial charge < -0.3 is 66.3 Å². The molecule has 15 heteroatoms. The van der Waals surface area contributed by atoms with Crippen molar-refractivity contribution in [3.8, 4) is 0 Å². The summed E-state index contributed by atoms with van der Waals surface area (Å²) in [5, 5.41) is 0. The SMILES string of the molecule is CCCCCOCCOCCOCCOCCOCCOCCOCCOCCOCCOCCOCCOCCOCCC(=O)OC(C)(C)C. The minimum atomic E-state index is -0.475. The lowest BCUT2D eigenvalue weighted by Gasteiger charge is -2.19. The zero-order chi connectivity index (χ0) is 37.2. The first-order valence-corrected chi connectivity index (χ1v) is 18.7. The van der Waals surface area contributed by atoms with Crippen LogP contribution in [0.1, 0.15) is 53.4 Å². The molecule has 0 rings (SSSR count). The summed E-state index contributed by atoms with van der Waals surface area (Å²) in [5.74, 6) is -0.265. The maximum absolute atomic E-state index is 11.6. The van der Waals surface area contributed by atoms with E-state index in [2.05, 4.69) is 6.92 Å². The Morgan fingerprint density at radius 1 is 0.333 bits per heavy atom. The number of carbonyl (C=O) groups is 1. The van der Waals surface area contributed by atoms with Gasteiger partial charge in [-0.25, -0.2) is 0 Å². The summed E-state index contributed by atoms with van der Waals surface area (Å²) >= 11 is 0. The van der Waals surface area contributed by atoms with Gasteiger partial charge in [-0.15, -0.1) is 0 Å². The molecule has 0 amide bonds. The first kappa shape index (κ1) is 49.9. The normalized spacial score (nSPS) is 11.8. The molecule has 0 aromatic carbocycles. The fourth-order valence-electron chi connectivity index (χ4n) is 3.74. The highest BCUT2D eigenvalue weighted by atomic mass is 16.6. The fraction of sp³-hybridized carbons (Fsp3) is 0.972. The van der Waals surface area contributed by atoms with Gasteiger partial charge in [-0.05, 0) is 27.2 Å². The number of esters is 1. The molecule has 0 aromatic rings. The van der Waals surface area contributed by atoms with E-state index in [1.54, 1.807) is 0 Å². The molecule has 0 aliphatic heterocycles. The second-order valence-corrected chi connectivity index (χ2v) is 12.0. The molecule has 0 radical (unpaired) electrons. The van der Waals surface area contributed by atoms with E-state index in [4.69, 9.17) is 66.3 Å². The third-order valence-corrected chi connectivity index (χ3v) is 6.23. The average Bonchev–Trinajstić information content (AvgIpc) is 3.09. The van der Waals surface area contributed by atoms with Crippen LogP contribution in [0, 0.1) is 0 Å². The molecule has 0 saturated heterocycles. The number of hydrogen-bond donors (Lipinski definition) is 0. The van der Waals surface area contributed by atoms with E-state index in [-0.39, 0.29) is 12.4 Å². The molecular weight excluding hydrogens is 672 g/mol. The van der Waals surface area contributed by atoms with Gasteiger partial charge in [0, 0.05) is 6.61 Å². The molecule has 0 bridgehead atoms. The maximum Gasteiger partial charge on any atom is 0.308 e. The van der Waals surface area contributed by atoms with Gasteiger partial charge in [0.25, 0.3) is 0 Å². The van der Waals surface area contributed by atoms with Crippen LogP contribution in [0.3, 0.4) is 0 Å². The molecule has 15 nitrogen and oxygen atoms in total. The van der Waals surface area contributed by atoms with Crippen molar-refractivity contribution in [3.05, 3.63) is 0 Å². The van der Waals surface area contributed by atoms with Crippen LogP contribution < -0.4 is 0 Å². The second kappa shape index (κ2) is 41.7. The summed E-state index contributed by atoms with van der Waals surface area (Å²) in [5.41, 5.74) is -0.475. The van der Waals surface area contributed by atoms with Crippen molar-refractivity contribution < 1.29 is 71.1 Å². The molecule has 0 saturated carbocycles. The molecule has 0 aliphatic carbocycles. The van der Waals surface area contributed by atoms with Crippen LogP contribution in [-0.2, 0) is 71.1 Å². The molecule has 0 atom stereocenters. The Morgan fingerprint density at radius 2 is 0.549 bits per heavy atom. The van der Waals surface area contributed by atoms with E-state index < -0.39 is 5.60 Å². The van der Waals surface area contributed by atoms with Crippen molar-refractivity contribution >= 4 is 5.97 Å². The van der Waals surface area contributed by atoms with E-state index in [0.717, 1.165) is 13.0 Å². The number of carbonyl (C=O) groups excluding carboxylic acids is 1. The molecule has 0 unspecified atom stereocenters. The summed E-state index contributed by atoms with van der Waals surface area (Å²) in [6.45, 7) is 21.0. The molecule has 0 aliphatic rings. The molecule has 306 valence electrons. The largest absolute Gasteiger partial charge is 0.460 e. The zero-order valence-corrected chi connectivity index (χ0v) is 32.3. The van der Waals surface area contributed by atoms with Gasteiger partial charge in [0.2, 0.25) is 0 Å². The van der Waals surface area contributed by atoms with Crippen LogP contribution in [0.25, 0.3) is 0 Å². The zero-order valence-electron chi connectivity index (χ0n) is 32.3. The van der Waals surface area contributed by atoms with Crippen LogP contribution in [0.15, 0.2) is 0 Å². The number of hydrogen-bond acceptors (Lipinski definition) is 15. The van der Waals surface area contributed by atoms with Gasteiger partial charge in [-0.3, -0.25) is 4.79 Å². The van der Waals surface area contributed by atoms with Crippen molar-refractivity contribution in [1.82, 2.24) is 0 Å². The standard InChI is InChI=1S/C36H72O15/c1-5-6-7-9-38-11-13-40-15-17-42-19-21-44-23-25-46-27-29-48-31-33-50-34-32-49-30-28-47-26-24-45-22-20-43-18-16-41-14-12-39-10-8-35(37)51-36(2,3)4/h5-34H2,1-4H3. The molecule has 0 spiro atoms. The summed E-state index contributed by atoms with van der Waals surface area (Å²) in [6.07, 6.45) is 3.76. The predicted molar refractivity (Wildman–Crippen MR) is 191 cm³/mol. The van der Waals surface area contributed by atoms with Crippen molar-refractivity contribution in [2.45, 2.75) is 59.0 Å². The lowest BCUT2D eigenvalue weighted by molar-refractivity contribution is -0.156. The highest BCUT2D eigenvalue weighted by Crippen LogP contribution is 2.08. The topological polar surface area (TPSA) is 146 Å². The Balaban J connectivity index is 3.09. The molecule has 51 heavy (non-hydrogen) atoms. The Bertz CT molecular complexity index is 681. The van der Waals surface area contributed by atoms with Crippen LogP contribution in [0.2, 0.25) is 0 Å². The minimum Gasteiger partial charge on any atom is -0.460 e. The molecular formula is C36H72O15. The first-order chi connectivity index (χ1) is 25.0. The van der Waals surface area contributed by atoms with Gasteiger partial charge in [0.05, 0.1) is 172 Å². The summed E-state index contributed by atoms with van der Waals surface area (Å²) < 4.78 is 76.3. The van der Waals surface area contributed by atoms with Crippen molar-refractivity contribution in [2.24, 2.45) is 0 Å². The Hall–Kier alpha value is -1.05. The Kier molecular flexibility index (Phi) is 40.8. The smallest absolute Gasteiger partial charge is 0.308 e. The minimum absolute atomic E-state index is 0.231. The van der Waals surface area contributed by atoms with Crippen LogP contribution in [0.5, 0.6) is 0 Å². The Morgan fingerprint density at radius 3 is 0.765 bits per heavy atom. The van der Waals surface area contributed by atoms with E-state index in [1.807, 2.05) is 20.8 Å². The van der Waals surface area contributed by atoms with E-state index >= 15 is 0 Å². The Labute approximate surface area is 307 Å². The molecule has 0 aromatic heterocycles. The van der Waals surface area contributed by atoms with Gasteiger partial charge in [-0.2, -0.15) is 0 Å². The van der Waals surface area contributed by atoms with Crippen LogP contribution >= 0.6 is 0 Å². The van der Waals surface area contributed by atoms with Crippen LogP contribution in [0.4, 0.5) is 0 Å². The van der Waals surface area contributed by atoms with Crippen LogP contribution in [-0.4, -0.2) is 183 Å². The lowest BCUT2D eigenvalue weighted by atomic mass is 10.2. The summed E-state index contributed by atoms with van der Waals surface area (Å²) in [4.78, 5) is 11.6. The van der Waals surface area contributed by atoms with Crippen molar-refractivity contribution in [1.29, 1.82) is 0 Å².